The first-order valence-corrected chi connectivity index (χ1v) is 6.16. The molecule has 2 nitrogen and oxygen atoms in total. The molecule has 14 heavy (non-hydrogen) atoms. The monoisotopic (exact) mass is 212 g/mol. The Morgan fingerprint density at radius 1 is 1.50 bits per heavy atom. The first-order chi connectivity index (χ1) is 6.63. The number of nitrogens with zero attached hydrogens (tertiary/aromatic N) is 1. The third-order valence-electron chi connectivity index (χ3n) is 2.55. The van der Waals surface area contributed by atoms with E-state index in [1.165, 1.54) is 12.1 Å². The summed E-state index contributed by atoms with van der Waals surface area (Å²) in [5, 5.41) is 6.80. The van der Waals surface area contributed by atoms with E-state index >= 15 is 0 Å². The molecule has 0 bridgehead atoms. The molecular formula is C11H20N2S. The molecule has 0 aliphatic carbocycles. The molecule has 1 heterocycles. The van der Waals surface area contributed by atoms with Crippen molar-refractivity contribution in [3.63, 3.8) is 0 Å². The van der Waals surface area contributed by atoms with Crippen LogP contribution in [0.2, 0.25) is 0 Å². The average Bonchev–Trinajstić information content (AvgIpc) is 2.60. The van der Waals surface area contributed by atoms with Gasteiger partial charge in [-0.3, -0.25) is 0 Å². The second kappa shape index (κ2) is 5.47. The molecule has 0 saturated heterocycles. The zero-order valence-corrected chi connectivity index (χ0v) is 10.3. The standard InChI is InChI=1S/C11H20N2S/c1-5-8(2)6-12-9(3)11-7-14-10(4)13-11/h7-9,12H,5-6H2,1-4H3. The summed E-state index contributed by atoms with van der Waals surface area (Å²) in [5.74, 6) is 0.747. The van der Waals surface area contributed by atoms with Gasteiger partial charge in [0.25, 0.3) is 0 Å². The van der Waals surface area contributed by atoms with Gasteiger partial charge in [0.1, 0.15) is 0 Å². The number of rotatable bonds is 5. The molecule has 0 fully saturated rings. The van der Waals surface area contributed by atoms with Crippen LogP contribution in [0, 0.1) is 12.8 Å². The summed E-state index contributed by atoms with van der Waals surface area (Å²) in [7, 11) is 0. The van der Waals surface area contributed by atoms with Gasteiger partial charge in [-0.1, -0.05) is 20.3 Å². The molecule has 3 heteroatoms. The Balaban J connectivity index is 2.39. The van der Waals surface area contributed by atoms with Crippen molar-refractivity contribution in [2.45, 2.75) is 40.2 Å². The molecule has 2 atom stereocenters. The number of thiazole rings is 1. The Morgan fingerprint density at radius 2 is 2.21 bits per heavy atom. The molecule has 0 amide bonds. The van der Waals surface area contributed by atoms with Crippen LogP contribution >= 0.6 is 11.3 Å². The Kier molecular flexibility index (Phi) is 4.55. The maximum absolute atomic E-state index is 4.47. The van der Waals surface area contributed by atoms with Crippen LogP contribution in [-0.2, 0) is 0 Å². The highest BCUT2D eigenvalue weighted by atomic mass is 32.1. The molecule has 0 spiro atoms. The largest absolute Gasteiger partial charge is 0.309 e. The normalized spacial score (nSPS) is 15.4. The fourth-order valence-electron chi connectivity index (χ4n) is 1.21. The molecule has 1 rings (SSSR count). The predicted molar refractivity (Wildman–Crippen MR) is 62.7 cm³/mol. The summed E-state index contributed by atoms with van der Waals surface area (Å²) in [5.41, 5.74) is 1.18. The van der Waals surface area contributed by atoms with Crippen molar-refractivity contribution in [3.05, 3.63) is 16.1 Å². The fourth-order valence-corrected chi connectivity index (χ4v) is 1.91. The predicted octanol–water partition coefficient (Wildman–Crippen LogP) is 3.15. The van der Waals surface area contributed by atoms with E-state index < -0.39 is 0 Å². The van der Waals surface area contributed by atoms with Crippen molar-refractivity contribution in [3.8, 4) is 0 Å². The minimum absolute atomic E-state index is 0.383. The van der Waals surface area contributed by atoms with Gasteiger partial charge in [0, 0.05) is 11.4 Å². The van der Waals surface area contributed by atoms with Crippen molar-refractivity contribution >= 4 is 11.3 Å². The molecule has 80 valence electrons. The maximum Gasteiger partial charge on any atom is 0.0898 e. The first kappa shape index (κ1) is 11.7. The smallest absolute Gasteiger partial charge is 0.0898 e. The van der Waals surface area contributed by atoms with Gasteiger partial charge >= 0.3 is 0 Å². The number of hydrogen-bond donors (Lipinski definition) is 1. The first-order valence-electron chi connectivity index (χ1n) is 5.28. The van der Waals surface area contributed by atoms with Crippen LogP contribution in [0.25, 0.3) is 0 Å². The fraction of sp³-hybridized carbons (Fsp3) is 0.727. The van der Waals surface area contributed by atoms with E-state index in [2.05, 4.69) is 43.4 Å². The molecule has 1 aromatic heterocycles. The second-order valence-electron chi connectivity index (χ2n) is 3.93. The summed E-state index contributed by atoms with van der Waals surface area (Å²) < 4.78 is 0. The van der Waals surface area contributed by atoms with Crippen molar-refractivity contribution in [1.29, 1.82) is 0 Å². The Morgan fingerprint density at radius 3 is 2.71 bits per heavy atom. The third-order valence-corrected chi connectivity index (χ3v) is 3.34. The highest BCUT2D eigenvalue weighted by molar-refractivity contribution is 7.09. The SMILES string of the molecule is CCC(C)CNC(C)c1csc(C)n1. The summed E-state index contributed by atoms with van der Waals surface area (Å²) in [6, 6.07) is 0.383. The van der Waals surface area contributed by atoms with E-state index in [4.69, 9.17) is 0 Å². The van der Waals surface area contributed by atoms with Gasteiger partial charge < -0.3 is 5.32 Å². The van der Waals surface area contributed by atoms with E-state index in [9.17, 15) is 0 Å². The van der Waals surface area contributed by atoms with Gasteiger partial charge in [0.15, 0.2) is 0 Å². The van der Waals surface area contributed by atoms with Crippen LogP contribution < -0.4 is 5.32 Å². The summed E-state index contributed by atoms with van der Waals surface area (Å²) in [6.45, 7) is 9.80. The zero-order chi connectivity index (χ0) is 10.6. The molecule has 0 radical (unpaired) electrons. The lowest BCUT2D eigenvalue weighted by Gasteiger charge is -2.14. The van der Waals surface area contributed by atoms with Gasteiger partial charge in [-0.2, -0.15) is 0 Å². The van der Waals surface area contributed by atoms with Crippen LogP contribution in [0.4, 0.5) is 0 Å². The van der Waals surface area contributed by atoms with Gasteiger partial charge in [0.05, 0.1) is 10.7 Å². The summed E-state index contributed by atoms with van der Waals surface area (Å²) in [6.07, 6.45) is 1.23. The number of aryl methyl sites for hydroxylation is 1. The van der Waals surface area contributed by atoms with E-state index in [-0.39, 0.29) is 0 Å². The number of nitrogens with one attached hydrogen (secondary N) is 1. The highest BCUT2D eigenvalue weighted by Crippen LogP contribution is 2.15. The minimum Gasteiger partial charge on any atom is -0.309 e. The van der Waals surface area contributed by atoms with Crippen molar-refractivity contribution in [2.75, 3.05) is 6.54 Å². The Labute approximate surface area is 90.8 Å². The van der Waals surface area contributed by atoms with Gasteiger partial charge in [-0.05, 0) is 26.3 Å². The Hall–Kier alpha value is -0.410. The topological polar surface area (TPSA) is 24.9 Å². The minimum atomic E-state index is 0.383. The zero-order valence-electron chi connectivity index (χ0n) is 9.50. The summed E-state index contributed by atoms with van der Waals surface area (Å²) >= 11 is 1.72. The van der Waals surface area contributed by atoms with Crippen LogP contribution in [-0.4, -0.2) is 11.5 Å². The quantitative estimate of drug-likeness (QED) is 0.811. The molecular weight excluding hydrogens is 192 g/mol. The van der Waals surface area contributed by atoms with Gasteiger partial charge in [-0.25, -0.2) is 4.98 Å². The second-order valence-corrected chi connectivity index (χ2v) is 5.00. The Bertz CT molecular complexity index is 270. The number of hydrogen-bond acceptors (Lipinski definition) is 3. The van der Waals surface area contributed by atoms with Gasteiger partial charge in [-0.15, -0.1) is 11.3 Å². The lowest BCUT2D eigenvalue weighted by Crippen LogP contribution is -2.24. The van der Waals surface area contributed by atoms with Gasteiger partial charge in [0.2, 0.25) is 0 Å². The van der Waals surface area contributed by atoms with Crippen molar-refractivity contribution in [2.24, 2.45) is 5.92 Å². The number of aromatic nitrogens is 1. The molecule has 1 aromatic rings. The molecule has 0 aliphatic heterocycles. The van der Waals surface area contributed by atoms with Crippen molar-refractivity contribution in [1.82, 2.24) is 10.3 Å². The highest BCUT2D eigenvalue weighted by Gasteiger charge is 2.08. The van der Waals surface area contributed by atoms with E-state index in [1.807, 2.05) is 0 Å². The average molecular weight is 212 g/mol. The van der Waals surface area contributed by atoms with E-state index in [0.29, 0.717) is 6.04 Å². The molecule has 0 saturated carbocycles. The molecule has 0 aliphatic rings. The maximum atomic E-state index is 4.47. The molecule has 2 unspecified atom stereocenters. The van der Waals surface area contributed by atoms with Crippen LogP contribution in [0.1, 0.15) is 43.9 Å². The molecule has 0 aromatic carbocycles. The van der Waals surface area contributed by atoms with Crippen molar-refractivity contribution < 1.29 is 0 Å². The lowest BCUT2D eigenvalue weighted by molar-refractivity contribution is 0.457. The van der Waals surface area contributed by atoms with E-state index in [0.717, 1.165) is 17.5 Å². The molecule has 1 N–H and O–H groups in total. The summed E-state index contributed by atoms with van der Waals surface area (Å²) in [4.78, 5) is 4.47. The van der Waals surface area contributed by atoms with Crippen LogP contribution in [0.3, 0.4) is 0 Å². The van der Waals surface area contributed by atoms with Crippen LogP contribution in [0.5, 0.6) is 0 Å². The third kappa shape index (κ3) is 3.39. The lowest BCUT2D eigenvalue weighted by atomic mass is 10.1. The van der Waals surface area contributed by atoms with E-state index in [1.54, 1.807) is 11.3 Å². The van der Waals surface area contributed by atoms with Crippen LogP contribution in [0.15, 0.2) is 5.38 Å².